The van der Waals surface area contributed by atoms with E-state index in [4.69, 9.17) is 4.74 Å². The second-order valence-electron chi connectivity index (χ2n) is 9.54. The summed E-state index contributed by atoms with van der Waals surface area (Å²) in [5, 5.41) is 3.06. The number of hydrogen-bond donors (Lipinski definition) is 1. The number of aromatic nitrogens is 1. The van der Waals surface area contributed by atoms with Crippen molar-refractivity contribution in [1.29, 1.82) is 0 Å². The number of ether oxygens (including phenoxy) is 1. The maximum Gasteiger partial charge on any atom is 0.407 e. The van der Waals surface area contributed by atoms with Gasteiger partial charge in [-0.25, -0.2) is 9.18 Å². The van der Waals surface area contributed by atoms with Gasteiger partial charge in [-0.3, -0.25) is 4.98 Å². The fraction of sp³-hybridized carbons (Fsp3) is 0.379. The lowest BCUT2D eigenvalue weighted by atomic mass is 9.63. The van der Waals surface area contributed by atoms with E-state index in [2.05, 4.69) is 34.6 Å². The number of amides is 1. The molecule has 1 amide bonds. The highest BCUT2D eigenvalue weighted by molar-refractivity contribution is 5.67. The first-order valence-corrected chi connectivity index (χ1v) is 12.3. The predicted molar refractivity (Wildman–Crippen MR) is 132 cm³/mol. The zero-order chi connectivity index (χ0) is 23.5. The lowest BCUT2D eigenvalue weighted by Gasteiger charge is -2.44. The number of allylic oxidation sites excluding steroid dienone is 5. The van der Waals surface area contributed by atoms with Gasteiger partial charge in [-0.15, -0.1) is 0 Å². The van der Waals surface area contributed by atoms with Crippen LogP contribution in [0.15, 0.2) is 72.0 Å². The van der Waals surface area contributed by atoms with Gasteiger partial charge in [0.25, 0.3) is 0 Å². The molecule has 0 bridgehead atoms. The second-order valence-corrected chi connectivity index (χ2v) is 9.54. The van der Waals surface area contributed by atoms with Crippen molar-refractivity contribution in [1.82, 2.24) is 10.3 Å². The lowest BCUT2D eigenvalue weighted by molar-refractivity contribution is 0.125. The van der Waals surface area contributed by atoms with Crippen LogP contribution in [0.2, 0.25) is 0 Å². The van der Waals surface area contributed by atoms with Crippen LogP contribution < -0.4 is 5.32 Å². The molecule has 5 heteroatoms. The van der Waals surface area contributed by atoms with E-state index in [1.807, 2.05) is 31.3 Å². The number of rotatable bonds is 5. The zero-order valence-corrected chi connectivity index (χ0v) is 19.5. The van der Waals surface area contributed by atoms with Crippen LogP contribution in [0.25, 0.3) is 17.2 Å². The Labute approximate surface area is 200 Å². The largest absolute Gasteiger partial charge is 0.450 e. The molecule has 4 atom stereocenters. The Balaban J connectivity index is 1.31. The summed E-state index contributed by atoms with van der Waals surface area (Å²) < 4.78 is 18.6. The van der Waals surface area contributed by atoms with E-state index in [0.29, 0.717) is 24.4 Å². The van der Waals surface area contributed by atoms with E-state index in [9.17, 15) is 9.18 Å². The fourth-order valence-corrected chi connectivity index (χ4v) is 5.92. The van der Waals surface area contributed by atoms with Gasteiger partial charge in [0, 0.05) is 23.7 Å². The average Bonchev–Trinajstić information content (AvgIpc) is 3.30. The molecule has 1 aromatic carbocycles. The fourth-order valence-electron chi connectivity index (χ4n) is 5.92. The normalized spacial score (nSPS) is 25.8. The molecule has 3 aliphatic carbocycles. The highest BCUT2D eigenvalue weighted by atomic mass is 19.1. The molecule has 0 spiro atoms. The van der Waals surface area contributed by atoms with Crippen molar-refractivity contribution >= 4 is 12.2 Å². The first-order chi connectivity index (χ1) is 16.6. The quantitative estimate of drug-likeness (QED) is 0.542. The molecule has 2 aromatic rings. The average molecular weight is 459 g/mol. The van der Waals surface area contributed by atoms with Gasteiger partial charge in [0.15, 0.2) is 0 Å². The van der Waals surface area contributed by atoms with Crippen molar-refractivity contribution in [3.63, 3.8) is 0 Å². The standard InChI is InChI=1S/C29H31FN2O2/c1-2-34-29(33)32-25-12-13-27-22(17-25)15-20-6-4-8-26(20)28(27)14-11-24-10-9-21(18-31-24)19-5-3-7-23(30)16-19/h3-5,7-11,14,16,18,22,25,27-28H,2,6,12-13,15,17H2,1H3,(H,32,33)/b14-11+/t22-,25-,27-,28-/m1/s1. The molecular formula is C29H31FN2O2. The smallest absolute Gasteiger partial charge is 0.407 e. The molecule has 0 saturated heterocycles. The molecule has 0 radical (unpaired) electrons. The monoisotopic (exact) mass is 458 g/mol. The first-order valence-electron chi connectivity index (χ1n) is 12.3. The van der Waals surface area contributed by atoms with Gasteiger partial charge in [-0.05, 0) is 86.3 Å². The van der Waals surface area contributed by atoms with E-state index in [-0.39, 0.29) is 18.0 Å². The molecule has 1 heterocycles. The molecule has 1 saturated carbocycles. The highest BCUT2D eigenvalue weighted by Gasteiger charge is 2.40. The summed E-state index contributed by atoms with van der Waals surface area (Å²) in [6.45, 7) is 2.23. The third-order valence-electron chi connectivity index (χ3n) is 7.46. The van der Waals surface area contributed by atoms with Gasteiger partial charge in [0.1, 0.15) is 5.82 Å². The maximum atomic E-state index is 13.6. The van der Waals surface area contributed by atoms with Crippen LogP contribution >= 0.6 is 0 Å². The van der Waals surface area contributed by atoms with E-state index < -0.39 is 0 Å². The van der Waals surface area contributed by atoms with Gasteiger partial charge in [0.2, 0.25) is 0 Å². The van der Waals surface area contributed by atoms with Crippen LogP contribution in [0.3, 0.4) is 0 Å². The van der Waals surface area contributed by atoms with Gasteiger partial charge in [-0.2, -0.15) is 0 Å². The Bertz CT molecular complexity index is 1140. The number of benzene rings is 1. The number of fused-ring (bicyclic) bond motifs is 1. The van der Waals surface area contributed by atoms with Crippen LogP contribution in [-0.4, -0.2) is 23.7 Å². The Morgan fingerprint density at radius 2 is 2.15 bits per heavy atom. The summed E-state index contributed by atoms with van der Waals surface area (Å²) in [4.78, 5) is 16.5. The summed E-state index contributed by atoms with van der Waals surface area (Å²) in [5.74, 6) is 1.27. The molecule has 3 aliphatic rings. The number of carbonyl (C=O) groups is 1. The third kappa shape index (κ3) is 4.84. The van der Waals surface area contributed by atoms with Crippen LogP contribution in [0.5, 0.6) is 0 Å². The minimum Gasteiger partial charge on any atom is -0.450 e. The Hall–Kier alpha value is -3.21. The summed E-state index contributed by atoms with van der Waals surface area (Å²) >= 11 is 0. The third-order valence-corrected chi connectivity index (χ3v) is 7.46. The van der Waals surface area contributed by atoms with Crippen LogP contribution in [0, 0.1) is 23.6 Å². The van der Waals surface area contributed by atoms with Crippen molar-refractivity contribution in [2.75, 3.05) is 6.61 Å². The SMILES string of the molecule is CCOC(=O)N[C@@H]1CC[C@@H]2[C@H](CC3=C(C=CC3)[C@H]2/C=C/c2ccc(-c3cccc(F)c3)cn2)C1. The number of carbonyl (C=O) groups excluding carboxylic acids is 1. The van der Waals surface area contributed by atoms with Crippen molar-refractivity contribution < 1.29 is 13.9 Å². The maximum absolute atomic E-state index is 13.6. The molecule has 5 rings (SSSR count). The van der Waals surface area contributed by atoms with Crippen LogP contribution in [0.4, 0.5) is 9.18 Å². The minimum absolute atomic E-state index is 0.193. The van der Waals surface area contributed by atoms with Crippen LogP contribution in [-0.2, 0) is 4.74 Å². The van der Waals surface area contributed by atoms with E-state index in [0.717, 1.165) is 48.9 Å². The van der Waals surface area contributed by atoms with E-state index in [1.54, 1.807) is 11.6 Å². The molecule has 0 unspecified atom stereocenters. The van der Waals surface area contributed by atoms with E-state index in [1.165, 1.54) is 17.7 Å². The number of nitrogens with one attached hydrogen (secondary N) is 1. The first kappa shape index (κ1) is 22.6. The number of halogens is 1. The number of alkyl carbamates (subject to hydrolysis) is 1. The number of hydrogen-bond acceptors (Lipinski definition) is 3. The Morgan fingerprint density at radius 3 is 2.94 bits per heavy atom. The van der Waals surface area contributed by atoms with Crippen LogP contribution in [0.1, 0.15) is 44.7 Å². The molecule has 34 heavy (non-hydrogen) atoms. The molecule has 1 N–H and O–H groups in total. The van der Waals surface area contributed by atoms with Gasteiger partial charge >= 0.3 is 6.09 Å². The van der Waals surface area contributed by atoms with Crippen molar-refractivity contribution in [2.45, 2.75) is 45.1 Å². The van der Waals surface area contributed by atoms with Gasteiger partial charge in [0.05, 0.1) is 12.3 Å². The highest BCUT2D eigenvalue weighted by Crippen LogP contribution is 2.49. The summed E-state index contributed by atoms with van der Waals surface area (Å²) in [6.07, 6.45) is 15.8. The zero-order valence-electron chi connectivity index (χ0n) is 19.5. The molecule has 1 fully saturated rings. The second kappa shape index (κ2) is 9.96. The minimum atomic E-state index is -0.298. The molecular weight excluding hydrogens is 427 g/mol. The molecule has 0 aliphatic heterocycles. The summed E-state index contributed by atoms with van der Waals surface area (Å²) in [5.41, 5.74) is 5.67. The topological polar surface area (TPSA) is 51.2 Å². The van der Waals surface area contributed by atoms with Crippen molar-refractivity contribution in [2.24, 2.45) is 17.8 Å². The number of nitrogens with zero attached hydrogens (tertiary/aromatic N) is 1. The van der Waals surface area contributed by atoms with E-state index >= 15 is 0 Å². The van der Waals surface area contributed by atoms with Gasteiger partial charge in [-0.1, -0.05) is 42.0 Å². The van der Waals surface area contributed by atoms with Crippen molar-refractivity contribution in [3.05, 3.63) is 83.5 Å². The molecule has 1 aromatic heterocycles. The Kier molecular flexibility index (Phi) is 6.61. The lowest BCUT2D eigenvalue weighted by Crippen LogP contribution is -2.43. The predicted octanol–water partition coefficient (Wildman–Crippen LogP) is 6.71. The number of pyridine rings is 1. The summed E-state index contributed by atoms with van der Waals surface area (Å²) in [7, 11) is 0. The van der Waals surface area contributed by atoms with Crippen molar-refractivity contribution in [3.8, 4) is 11.1 Å². The Morgan fingerprint density at radius 1 is 1.24 bits per heavy atom. The van der Waals surface area contributed by atoms with Gasteiger partial charge < -0.3 is 10.1 Å². The summed E-state index contributed by atoms with van der Waals surface area (Å²) in [6, 6.07) is 10.8. The molecule has 176 valence electrons. The molecule has 4 nitrogen and oxygen atoms in total.